The maximum absolute atomic E-state index is 11.8. The van der Waals surface area contributed by atoms with Crippen molar-refractivity contribution >= 4 is 11.9 Å². The van der Waals surface area contributed by atoms with Crippen molar-refractivity contribution in [1.29, 1.82) is 0 Å². The highest BCUT2D eigenvalue weighted by molar-refractivity contribution is 5.97. The predicted molar refractivity (Wildman–Crippen MR) is 58.6 cm³/mol. The summed E-state index contributed by atoms with van der Waals surface area (Å²) in [5.74, 6) is -1.66. The summed E-state index contributed by atoms with van der Waals surface area (Å²) in [5.41, 5.74) is -1.15. The number of amides is 1. The van der Waals surface area contributed by atoms with Crippen LogP contribution in [0.3, 0.4) is 0 Å². The molecule has 0 radical (unpaired) electrons. The van der Waals surface area contributed by atoms with Gasteiger partial charge in [-0.2, -0.15) is 5.10 Å². The van der Waals surface area contributed by atoms with Crippen molar-refractivity contribution in [1.82, 2.24) is 15.1 Å². The van der Waals surface area contributed by atoms with Gasteiger partial charge in [0.25, 0.3) is 5.91 Å². The summed E-state index contributed by atoms with van der Waals surface area (Å²) < 4.78 is 6.26. The largest absolute Gasteiger partial charge is 0.479 e. The minimum absolute atomic E-state index is 0.117. The fourth-order valence-corrected chi connectivity index (χ4v) is 1.30. The first-order valence-electron chi connectivity index (χ1n) is 4.92. The van der Waals surface area contributed by atoms with Crippen molar-refractivity contribution in [2.45, 2.75) is 12.5 Å². The lowest BCUT2D eigenvalue weighted by atomic mass is 10.0. The summed E-state index contributed by atoms with van der Waals surface area (Å²) in [6.07, 6.45) is 2.87. The minimum atomic E-state index is -1.46. The topological polar surface area (TPSA) is 93.5 Å². The molecule has 0 saturated carbocycles. The van der Waals surface area contributed by atoms with Crippen molar-refractivity contribution in [3.05, 3.63) is 18.0 Å². The fraction of sp³-hybridized carbons (Fsp3) is 0.500. The number of nitrogens with zero attached hydrogens (tertiary/aromatic N) is 2. The molecule has 17 heavy (non-hydrogen) atoms. The van der Waals surface area contributed by atoms with Crippen LogP contribution in [0.1, 0.15) is 17.3 Å². The van der Waals surface area contributed by atoms with E-state index in [1.165, 1.54) is 31.1 Å². The predicted octanol–water partition coefficient (Wildman–Crippen LogP) is -0.360. The third-order valence-electron chi connectivity index (χ3n) is 2.26. The lowest BCUT2D eigenvalue weighted by molar-refractivity contribution is -0.145. The Kier molecular flexibility index (Phi) is 3.84. The molecule has 1 atom stereocenters. The monoisotopic (exact) mass is 241 g/mol. The molecule has 0 spiro atoms. The highest BCUT2D eigenvalue weighted by Crippen LogP contribution is 2.07. The number of methoxy groups -OCH3 is 1. The zero-order chi connectivity index (χ0) is 13.1. The SMILES string of the molecule is COCC(C)(NC(=O)c1cnn(C)c1)C(=O)O. The van der Waals surface area contributed by atoms with E-state index in [2.05, 4.69) is 10.4 Å². The molecule has 0 aliphatic carbocycles. The lowest BCUT2D eigenvalue weighted by Gasteiger charge is -2.24. The molecular weight excluding hydrogens is 226 g/mol. The Morgan fingerprint density at radius 3 is 2.71 bits per heavy atom. The molecule has 0 aliphatic rings. The molecule has 1 amide bonds. The average molecular weight is 241 g/mol. The summed E-state index contributed by atoms with van der Waals surface area (Å²) in [6.45, 7) is 1.27. The second kappa shape index (κ2) is 4.96. The van der Waals surface area contributed by atoms with Crippen LogP contribution in [-0.2, 0) is 16.6 Å². The molecule has 1 rings (SSSR count). The molecule has 7 heteroatoms. The number of carbonyl (C=O) groups is 2. The maximum atomic E-state index is 11.8. The van der Waals surface area contributed by atoms with Crippen LogP contribution in [0, 0.1) is 0 Å². The van der Waals surface area contributed by atoms with Gasteiger partial charge in [0.15, 0.2) is 5.54 Å². The standard InChI is InChI=1S/C10H15N3O4/c1-10(6-17-3,9(15)16)12-8(14)7-4-11-13(2)5-7/h4-5H,6H2,1-3H3,(H,12,14)(H,15,16). The number of carboxylic acids is 1. The van der Waals surface area contributed by atoms with Gasteiger partial charge in [0.05, 0.1) is 18.4 Å². The Morgan fingerprint density at radius 2 is 2.29 bits per heavy atom. The molecule has 1 aromatic rings. The first kappa shape index (κ1) is 13.2. The molecule has 1 unspecified atom stereocenters. The van der Waals surface area contributed by atoms with Crippen LogP contribution in [0.25, 0.3) is 0 Å². The lowest BCUT2D eigenvalue weighted by Crippen LogP contribution is -2.55. The molecule has 1 heterocycles. The molecule has 2 N–H and O–H groups in total. The van der Waals surface area contributed by atoms with Gasteiger partial charge >= 0.3 is 5.97 Å². The quantitative estimate of drug-likeness (QED) is 0.734. The zero-order valence-electron chi connectivity index (χ0n) is 9.93. The summed E-state index contributed by atoms with van der Waals surface area (Å²) in [5, 5.41) is 15.3. The maximum Gasteiger partial charge on any atom is 0.331 e. The summed E-state index contributed by atoms with van der Waals surface area (Å²) >= 11 is 0. The first-order chi connectivity index (χ1) is 7.89. The van der Waals surface area contributed by atoms with E-state index in [1.54, 1.807) is 7.05 Å². The van der Waals surface area contributed by atoms with Crippen molar-refractivity contribution in [3.63, 3.8) is 0 Å². The third-order valence-corrected chi connectivity index (χ3v) is 2.26. The van der Waals surface area contributed by atoms with Crippen LogP contribution in [0.2, 0.25) is 0 Å². The normalized spacial score (nSPS) is 14.1. The molecular formula is C10H15N3O4. The van der Waals surface area contributed by atoms with Crippen LogP contribution in [0.5, 0.6) is 0 Å². The Balaban J connectivity index is 2.81. The Hall–Kier alpha value is -1.89. The van der Waals surface area contributed by atoms with E-state index in [0.717, 1.165) is 0 Å². The van der Waals surface area contributed by atoms with Gasteiger partial charge in [0, 0.05) is 20.4 Å². The Labute approximate surface area is 98.4 Å². The van der Waals surface area contributed by atoms with Gasteiger partial charge in [0.2, 0.25) is 0 Å². The van der Waals surface area contributed by atoms with Gasteiger partial charge in [0.1, 0.15) is 0 Å². The second-order valence-corrected chi connectivity index (χ2v) is 3.93. The number of ether oxygens (including phenoxy) is 1. The average Bonchev–Trinajstić information content (AvgIpc) is 2.65. The van der Waals surface area contributed by atoms with Gasteiger partial charge < -0.3 is 15.2 Å². The van der Waals surface area contributed by atoms with Crippen LogP contribution >= 0.6 is 0 Å². The number of aliphatic carboxylic acids is 1. The van der Waals surface area contributed by atoms with Crippen molar-refractivity contribution in [3.8, 4) is 0 Å². The fourth-order valence-electron chi connectivity index (χ4n) is 1.30. The van der Waals surface area contributed by atoms with Gasteiger partial charge in [-0.05, 0) is 6.92 Å². The Bertz CT molecular complexity index is 429. The van der Waals surface area contributed by atoms with Gasteiger partial charge in [-0.15, -0.1) is 0 Å². The summed E-state index contributed by atoms with van der Waals surface area (Å²) in [7, 11) is 3.04. The van der Waals surface area contributed by atoms with Crippen LogP contribution in [-0.4, -0.2) is 46.0 Å². The molecule has 1 aromatic heterocycles. The van der Waals surface area contributed by atoms with E-state index < -0.39 is 17.4 Å². The highest BCUT2D eigenvalue weighted by atomic mass is 16.5. The molecule has 7 nitrogen and oxygen atoms in total. The number of rotatable bonds is 5. The van der Waals surface area contributed by atoms with Crippen LogP contribution in [0.4, 0.5) is 0 Å². The van der Waals surface area contributed by atoms with E-state index in [0.29, 0.717) is 5.56 Å². The van der Waals surface area contributed by atoms with E-state index in [1.807, 2.05) is 0 Å². The summed E-state index contributed by atoms with van der Waals surface area (Å²) in [4.78, 5) is 22.8. The number of aryl methyl sites for hydroxylation is 1. The van der Waals surface area contributed by atoms with Crippen LogP contribution < -0.4 is 5.32 Å². The van der Waals surface area contributed by atoms with Crippen molar-refractivity contribution < 1.29 is 19.4 Å². The molecule has 0 aromatic carbocycles. The molecule has 94 valence electrons. The minimum Gasteiger partial charge on any atom is -0.479 e. The molecule has 0 aliphatic heterocycles. The number of hydrogen-bond donors (Lipinski definition) is 2. The van der Waals surface area contributed by atoms with Gasteiger partial charge in [-0.1, -0.05) is 0 Å². The van der Waals surface area contributed by atoms with Crippen molar-refractivity contribution in [2.24, 2.45) is 7.05 Å². The number of carbonyl (C=O) groups excluding carboxylic acids is 1. The Morgan fingerprint density at radius 1 is 1.65 bits per heavy atom. The number of nitrogens with one attached hydrogen (secondary N) is 1. The van der Waals surface area contributed by atoms with Gasteiger partial charge in [-0.3, -0.25) is 9.48 Å². The van der Waals surface area contributed by atoms with E-state index in [4.69, 9.17) is 9.84 Å². The number of aromatic nitrogens is 2. The smallest absolute Gasteiger partial charge is 0.331 e. The molecule has 0 fully saturated rings. The number of carboxylic acid groups (broad SMARTS) is 1. The zero-order valence-corrected chi connectivity index (χ0v) is 9.93. The third kappa shape index (κ3) is 3.04. The highest BCUT2D eigenvalue weighted by Gasteiger charge is 2.35. The van der Waals surface area contributed by atoms with E-state index in [9.17, 15) is 9.59 Å². The van der Waals surface area contributed by atoms with E-state index >= 15 is 0 Å². The van der Waals surface area contributed by atoms with Crippen LogP contribution in [0.15, 0.2) is 12.4 Å². The van der Waals surface area contributed by atoms with E-state index in [-0.39, 0.29) is 6.61 Å². The second-order valence-electron chi connectivity index (χ2n) is 3.93. The number of hydrogen-bond acceptors (Lipinski definition) is 4. The van der Waals surface area contributed by atoms with Crippen molar-refractivity contribution in [2.75, 3.05) is 13.7 Å². The molecule has 0 saturated heterocycles. The first-order valence-corrected chi connectivity index (χ1v) is 4.92. The molecule has 0 bridgehead atoms. The summed E-state index contributed by atoms with van der Waals surface area (Å²) in [6, 6.07) is 0. The van der Waals surface area contributed by atoms with Gasteiger partial charge in [-0.25, -0.2) is 4.79 Å².